The number of ether oxygens (including phenoxy) is 1. The topological polar surface area (TPSA) is 80.8 Å². The largest absolute Gasteiger partial charge is 0.444 e. The molecule has 2 unspecified atom stereocenters. The summed E-state index contributed by atoms with van der Waals surface area (Å²) in [5, 5.41) is 4.31. The van der Waals surface area contributed by atoms with Crippen LogP contribution in [0.4, 0.5) is 4.79 Å². The fraction of sp³-hybridized carbons (Fsp3) is 0.615. The van der Waals surface area contributed by atoms with Gasteiger partial charge in [-0.05, 0) is 76.1 Å². The maximum atomic E-state index is 12.5. The molecule has 178 valence electrons. The van der Waals surface area contributed by atoms with Gasteiger partial charge in [-0.3, -0.25) is 4.99 Å². The fourth-order valence-electron chi connectivity index (χ4n) is 4.70. The molecule has 0 bridgehead atoms. The highest BCUT2D eigenvalue weighted by Crippen LogP contribution is 2.34. The summed E-state index contributed by atoms with van der Waals surface area (Å²) in [6, 6.07) is 6.37. The molecule has 2 heterocycles. The first kappa shape index (κ1) is 23.5. The second kappa shape index (κ2) is 9.65. The van der Waals surface area contributed by atoms with Crippen LogP contribution in [0, 0.1) is 5.92 Å². The molecule has 7 nitrogen and oxygen atoms in total. The van der Waals surface area contributed by atoms with Crippen LogP contribution >= 0.6 is 0 Å². The van der Waals surface area contributed by atoms with Crippen LogP contribution in [0.25, 0.3) is 11.5 Å². The number of piperidine rings is 1. The van der Waals surface area contributed by atoms with Crippen LogP contribution in [0.5, 0.6) is 0 Å². The van der Waals surface area contributed by atoms with Crippen molar-refractivity contribution in [1.82, 2.24) is 15.0 Å². The smallest absolute Gasteiger partial charge is 0.410 e. The second-order valence-electron chi connectivity index (χ2n) is 10.5. The number of benzene rings is 1. The number of aliphatic imine (C=N–C) groups is 1. The third-order valence-electron chi connectivity index (χ3n) is 6.70. The van der Waals surface area contributed by atoms with E-state index in [2.05, 4.69) is 29.2 Å². The summed E-state index contributed by atoms with van der Waals surface area (Å²) in [5.41, 5.74) is 2.92. The second-order valence-corrected chi connectivity index (χ2v) is 10.5. The number of rotatable bonds is 5. The minimum Gasteiger partial charge on any atom is -0.444 e. The maximum absolute atomic E-state index is 12.5. The summed E-state index contributed by atoms with van der Waals surface area (Å²) >= 11 is 0. The van der Waals surface area contributed by atoms with Gasteiger partial charge in [0, 0.05) is 37.3 Å². The highest BCUT2D eigenvalue weighted by atomic mass is 16.6. The molecule has 1 saturated carbocycles. The minimum absolute atomic E-state index is 0.0576. The lowest BCUT2D eigenvalue weighted by molar-refractivity contribution is 0.0100. The zero-order chi connectivity index (χ0) is 23.6. The Kier molecular flexibility index (Phi) is 6.86. The Hall–Kier alpha value is -2.70. The predicted octanol–water partition coefficient (Wildman–Crippen LogP) is 5.63. The van der Waals surface area contributed by atoms with Crippen LogP contribution in [-0.4, -0.2) is 52.6 Å². The van der Waals surface area contributed by atoms with Crippen molar-refractivity contribution in [1.29, 1.82) is 0 Å². The van der Waals surface area contributed by atoms with Gasteiger partial charge >= 0.3 is 6.09 Å². The molecule has 1 aliphatic carbocycles. The third kappa shape index (κ3) is 5.63. The Balaban J connectivity index is 1.46. The molecular formula is C26H36N4O3. The van der Waals surface area contributed by atoms with E-state index in [-0.39, 0.29) is 18.1 Å². The van der Waals surface area contributed by atoms with Crippen molar-refractivity contribution in [2.75, 3.05) is 13.6 Å². The Morgan fingerprint density at radius 2 is 2.09 bits per heavy atom. The van der Waals surface area contributed by atoms with E-state index in [4.69, 9.17) is 14.2 Å². The first-order valence-electron chi connectivity index (χ1n) is 12.1. The quantitative estimate of drug-likeness (QED) is 0.549. The number of amides is 1. The van der Waals surface area contributed by atoms with Gasteiger partial charge < -0.3 is 14.2 Å². The molecule has 1 aromatic heterocycles. The molecule has 2 atom stereocenters. The van der Waals surface area contributed by atoms with Gasteiger partial charge in [0.1, 0.15) is 5.60 Å². The Labute approximate surface area is 196 Å². The normalized spacial score (nSPS) is 21.9. The van der Waals surface area contributed by atoms with Crippen LogP contribution in [0.1, 0.15) is 82.7 Å². The lowest BCUT2D eigenvalue weighted by Crippen LogP contribution is -2.46. The van der Waals surface area contributed by atoms with Gasteiger partial charge in [0.25, 0.3) is 5.89 Å². The van der Waals surface area contributed by atoms with Crippen LogP contribution in [0.15, 0.2) is 27.7 Å². The van der Waals surface area contributed by atoms with Crippen molar-refractivity contribution in [3.05, 3.63) is 35.2 Å². The zero-order valence-electron chi connectivity index (χ0n) is 20.5. The maximum Gasteiger partial charge on any atom is 0.410 e. The van der Waals surface area contributed by atoms with E-state index in [0.717, 1.165) is 42.1 Å². The van der Waals surface area contributed by atoms with E-state index in [1.54, 1.807) is 7.05 Å². The highest BCUT2D eigenvalue weighted by Gasteiger charge is 2.34. The SMILES string of the molecule is CN=Cc1ccc(-c2nc(C3CCN(C(=O)OC(C)(C)C)C(C)C3)no2)cc1CC1CCC1. The summed E-state index contributed by atoms with van der Waals surface area (Å²) in [5.74, 6) is 2.21. The molecule has 2 aromatic rings. The average Bonchev–Trinajstić information content (AvgIpc) is 3.20. The molecular weight excluding hydrogens is 416 g/mol. The monoisotopic (exact) mass is 452 g/mol. The van der Waals surface area contributed by atoms with Crippen molar-refractivity contribution >= 4 is 12.3 Å². The molecule has 7 heteroatoms. The number of likely N-dealkylation sites (tertiary alicyclic amines) is 1. The van der Waals surface area contributed by atoms with Gasteiger partial charge in [-0.1, -0.05) is 30.5 Å². The fourth-order valence-corrected chi connectivity index (χ4v) is 4.70. The van der Waals surface area contributed by atoms with Crippen molar-refractivity contribution < 1.29 is 14.1 Å². The lowest BCUT2D eigenvalue weighted by Gasteiger charge is -2.37. The zero-order valence-corrected chi connectivity index (χ0v) is 20.5. The summed E-state index contributed by atoms with van der Waals surface area (Å²) in [7, 11) is 1.81. The van der Waals surface area contributed by atoms with E-state index in [0.29, 0.717) is 12.4 Å². The Morgan fingerprint density at radius 3 is 2.73 bits per heavy atom. The number of hydrogen-bond donors (Lipinski definition) is 0. The van der Waals surface area contributed by atoms with Crippen LogP contribution in [-0.2, 0) is 11.2 Å². The van der Waals surface area contributed by atoms with Gasteiger partial charge in [-0.25, -0.2) is 4.79 Å². The number of carbonyl (C=O) groups is 1. The van der Waals surface area contributed by atoms with Gasteiger partial charge in [-0.15, -0.1) is 0 Å². The molecule has 1 aromatic carbocycles. The van der Waals surface area contributed by atoms with Gasteiger partial charge in [0.05, 0.1) is 0 Å². The molecule has 2 aliphatic rings. The number of aromatic nitrogens is 2. The minimum atomic E-state index is -0.494. The van der Waals surface area contributed by atoms with E-state index < -0.39 is 5.60 Å². The average molecular weight is 453 g/mol. The van der Waals surface area contributed by atoms with E-state index in [1.165, 1.54) is 24.8 Å². The molecule has 2 fully saturated rings. The predicted molar refractivity (Wildman–Crippen MR) is 129 cm³/mol. The molecule has 4 rings (SSSR count). The lowest BCUT2D eigenvalue weighted by atomic mass is 9.80. The first-order chi connectivity index (χ1) is 15.7. The van der Waals surface area contributed by atoms with Crippen LogP contribution < -0.4 is 0 Å². The molecule has 1 aliphatic heterocycles. The van der Waals surface area contributed by atoms with Crippen molar-refractivity contribution in [2.45, 2.75) is 83.8 Å². The van der Waals surface area contributed by atoms with Crippen molar-refractivity contribution in [2.24, 2.45) is 10.9 Å². The molecule has 33 heavy (non-hydrogen) atoms. The number of nitrogens with zero attached hydrogens (tertiary/aromatic N) is 4. The summed E-state index contributed by atoms with van der Waals surface area (Å²) in [4.78, 5) is 23.3. The van der Waals surface area contributed by atoms with E-state index >= 15 is 0 Å². The van der Waals surface area contributed by atoms with Crippen LogP contribution in [0.2, 0.25) is 0 Å². The molecule has 0 radical (unpaired) electrons. The Morgan fingerprint density at radius 1 is 1.30 bits per heavy atom. The van der Waals surface area contributed by atoms with E-state index in [1.807, 2.05) is 38.0 Å². The molecule has 1 saturated heterocycles. The first-order valence-corrected chi connectivity index (χ1v) is 12.1. The van der Waals surface area contributed by atoms with E-state index in [9.17, 15) is 4.79 Å². The number of hydrogen-bond acceptors (Lipinski definition) is 6. The van der Waals surface area contributed by atoms with Crippen LogP contribution in [0.3, 0.4) is 0 Å². The summed E-state index contributed by atoms with van der Waals surface area (Å²) < 4.78 is 11.2. The Bertz CT molecular complexity index is 1000. The summed E-state index contributed by atoms with van der Waals surface area (Å²) in [6.45, 7) is 8.35. The molecule has 0 spiro atoms. The highest BCUT2D eigenvalue weighted by molar-refractivity contribution is 5.83. The third-order valence-corrected chi connectivity index (χ3v) is 6.70. The molecule has 0 N–H and O–H groups in total. The van der Waals surface area contributed by atoms with Gasteiger partial charge in [-0.2, -0.15) is 4.98 Å². The number of carbonyl (C=O) groups excluding carboxylic acids is 1. The molecule has 1 amide bonds. The summed E-state index contributed by atoms with van der Waals surface area (Å²) in [6.07, 6.45) is 8.26. The van der Waals surface area contributed by atoms with Crippen molar-refractivity contribution in [3.63, 3.8) is 0 Å². The standard InChI is InChI=1S/C26H36N4O3/c1-17-13-19(11-12-30(17)25(31)32-26(2,3)4)23-28-24(33-29-23)20-9-10-21(16-27-5)22(15-20)14-18-7-6-8-18/h9-10,15-19H,6-8,11-14H2,1-5H3. The van der Waals surface area contributed by atoms with Gasteiger partial charge in [0.15, 0.2) is 5.82 Å². The van der Waals surface area contributed by atoms with Gasteiger partial charge in [0.2, 0.25) is 0 Å². The van der Waals surface area contributed by atoms with Crippen molar-refractivity contribution in [3.8, 4) is 11.5 Å².